The van der Waals surface area contributed by atoms with E-state index in [0.29, 0.717) is 11.4 Å². The van der Waals surface area contributed by atoms with Gasteiger partial charge in [-0.1, -0.05) is 42.5 Å². The summed E-state index contributed by atoms with van der Waals surface area (Å²) in [6.45, 7) is 2.01. The number of hydrogen-bond acceptors (Lipinski definition) is 3. The van der Waals surface area contributed by atoms with Gasteiger partial charge >= 0.3 is 0 Å². The predicted octanol–water partition coefficient (Wildman–Crippen LogP) is 4.59. The lowest BCUT2D eigenvalue weighted by Crippen LogP contribution is -2.26. The van der Waals surface area contributed by atoms with E-state index in [1.54, 1.807) is 36.4 Å². The van der Waals surface area contributed by atoms with Crippen LogP contribution in [0, 0.1) is 6.92 Å². The molecule has 134 valence electrons. The molecule has 3 aromatic rings. The molecule has 0 aromatic heterocycles. The average molecular weight is 366 g/mol. The standard InChI is InChI=1S/C21H22N2O2S/c1-17-14-15-19(16-21(17)22(2)3)23(18-10-6-4-7-11-18)26(24,25)20-12-8-5-9-13-20/h4-16H,1-3H3. The Morgan fingerprint density at radius 2 is 1.31 bits per heavy atom. The van der Waals surface area contributed by atoms with Crippen LogP contribution < -0.4 is 9.21 Å². The highest BCUT2D eigenvalue weighted by Crippen LogP contribution is 2.35. The molecule has 5 heteroatoms. The lowest BCUT2D eigenvalue weighted by Gasteiger charge is -2.26. The Labute approximate surface area is 155 Å². The first kappa shape index (κ1) is 18.0. The first-order valence-electron chi connectivity index (χ1n) is 8.34. The summed E-state index contributed by atoms with van der Waals surface area (Å²) in [4.78, 5) is 2.24. The molecule has 0 unspecified atom stereocenters. The highest BCUT2D eigenvalue weighted by molar-refractivity contribution is 7.93. The van der Waals surface area contributed by atoms with Crippen molar-refractivity contribution < 1.29 is 8.42 Å². The predicted molar refractivity (Wildman–Crippen MR) is 108 cm³/mol. The summed E-state index contributed by atoms with van der Waals surface area (Å²) >= 11 is 0. The highest BCUT2D eigenvalue weighted by atomic mass is 32.2. The third kappa shape index (κ3) is 3.44. The lowest BCUT2D eigenvalue weighted by atomic mass is 10.1. The molecule has 0 spiro atoms. The van der Waals surface area contributed by atoms with Gasteiger partial charge < -0.3 is 4.90 Å². The van der Waals surface area contributed by atoms with Crippen LogP contribution >= 0.6 is 0 Å². The summed E-state index contributed by atoms with van der Waals surface area (Å²) < 4.78 is 28.2. The maximum Gasteiger partial charge on any atom is 0.268 e. The third-order valence-electron chi connectivity index (χ3n) is 4.18. The van der Waals surface area contributed by atoms with Crippen molar-refractivity contribution in [2.45, 2.75) is 11.8 Å². The molecule has 0 radical (unpaired) electrons. The van der Waals surface area contributed by atoms with Gasteiger partial charge in [0.1, 0.15) is 0 Å². The molecule has 0 N–H and O–H groups in total. The molecule has 0 saturated carbocycles. The second-order valence-corrected chi connectivity index (χ2v) is 8.07. The van der Waals surface area contributed by atoms with Crippen LogP contribution in [-0.2, 0) is 10.0 Å². The summed E-state index contributed by atoms with van der Waals surface area (Å²) in [5, 5.41) is 0. The second-order valence-electron chi connectivity index (χ2n) is 6.28. The Morgan fingerprint density at radius 3 is 1.88 bits per heavy atom. The molecule has 0 fully saturated rings. The number of nitrogens with zero attached hydrogens (tertiary/aromatic N) is 2. The van der Waals surface area contributed by atoms with Gasteiger partial charge in [0.15, 0.2) is 0 Å². The normalized spacial score (nSPS) is 11.2. The number of aryl methyl sites for hydroxylation is 1. The van der Waals surface area contributed by atoms with Crippen LogP contribution in [0.3, 0.4) is 0 Å². The zero-order valence-electron chi connectivity index (χ0n) is 15.1. The first-order valence-corrected chi connectivity index (χ1v) is 9.78. The Balaban J connectivity index is 2.22. The fourth-order valence-electron chi connectivity index (χ4n) is 2.89. The van der Waals surface area contributed by atoms with Crippen LogP contribution in [0.1, 0.15) is 5.56 Å². The minimum atomic E-state index is -3.75. The largest absolute Gasteiger partial charge is 0.377 e. The quantitative estimate of drug-likeness (QED) is 0.663. The van der Waals surface area contributed by atoms with E-state index in [-0.39, 0.29) is 4.90 Å². The number of rotatable bonds is 5. The molecule has 0 saturated heterocycles. The van der Waals surface area contributed by atoms with Crippen molar-refractivity contribution >= 4 is 27.1 Å². The van der Waals surface area contributed by atoms with Crippen molar-refractivity contribution in [1.29, 1.82) is 0 Å². The summed E-state index contributed by atoms with van der Waals surface area (Å²) in [6.07, 6.45) is 0. The molecule has 0 aliphatic heterocycles. The molecule has 3 rings (SSSR count). The number of anilines is 3. The van der Waals surface area contributed by atoms with Crippen LogP contribution in [-0.4, -0.2) is 22.5 Å². The molecule has 3 aromatic carbocycles. The molecular weight excluding hydrogens is 344 g/mol. The maximum absolute atomic E-state index is 13.4. The Bertz CT molecular complexity index is 985. The van der Waals surface area contributed by atoms with E-state index in [1.165, 1.54) is 4.31 Å². The third-order valence-corrected chi connectivity index (χ3v) is 5.95. The van der Waals surface area contributed by atoms with Crippen LogP contribution in [0.5, 0.6) is 0 Å². The van der Waals surface area contributed by atoms with Crippen molar-refractivity contribution in [3.63, 3.8) is 0 Å². The van der Waals surface area contributed by atoms with Gasteiger partial charge in [-0.3, -0.25) is 0 Å². The molecule has 0 aliphatic rings. The topological polar surface area (TPSA) is 40.6 Å². The number of sulfonamides is 1. The zero-order chi connectivity index (χ0) is 18.7. The van der Waals surface area contributed by atoms with E-state index >= 15 is 0 Å². The summed E-state index contributed by atoms with van der Waals surface area (Å²) in [7, 11) is 0.150. The SMILES string of the molecule is Cc1ccc(N(c2ccccc2)S(=O)(=O)c2ccccc2)cc1N(C)C. The molecule has 0 bridgehead atoms. The first-order chi connectivity index (χ1) is 12.4. The second kappa shape index (κ2) is 7.22. The van der Waals surface area contributed by atoms with Crippen molar-refractivity contribution in [3.8, 4) is 0 Å². The van der Waals surface area contributed by atoms with E-state index in [0.717, 1.165) is 11.3 Å². The molecule has 0 atom stereocenters. The van der Waals surface area contributed by atoms with Crippen molar-refractivity contribution in [1.82, 2.24) is 0 Å². The Hall–Kier alpha value is -2.79. The average Bonchev–Trinajstić information content (AvgIpc) is 2.64. The maximum atomic E-state index is 13.4. The zero-order valence-corrected chi connectivity index (χ0v) is 15.9. The molecular formula is C21H22N2O2S. The Morgan fingerprint density at radius 1 is 0.731 bits per heavy atom. The lowest BCUT2D eigenvalue weighted by molar-refractivity contribution is 0.596. The number of hydrogen-bond donors (Lipinski definition) is 0. The van der Waals surface area contributed by atoms with Crippen LogP contribution in [0.2, 0.25) is 0 Å². The number of para-hydroxylation sites is 1. The van der Waals surface area contributed by atoms with Gasteiger partial charge in [-0.05, 0) is 48.9 Å². The summed E-state index contributed by atoms with van der Waals surface area (Å²) in [5.41, 5.74) is 3.27. The number of benzene rings is 3. The fourth-order valence-corrected chi connectivity index (χ4v) is 4.40. The molecule has 0 amide bonds. The molecule has 26 heavy (non-hydrogen) atoms. The minimum Gasteiger partial charge on any atom is -0.377 e. The monoisotopic (exact) mass is 366 g/mol. The molecule has 0 aliphatic carbocycles. The van der Waals surface area contributed by atoms with Gasteiger partial charge in [0, 0.05) is 19.8 Å². The summed E-state index contributed by atoms with van der Waals surface area (Å²) in [6, 6.07) is 23.4. The van der Waals surface area contributed by atoms with Crippen molar-refractivity contribution in [2.24, 2.45) is 0 Å². The van der Waals surface area contributed by atoms with Crippen LogP contribution in [0.25, 0.3) is 0 Å². The van der Waals surface area contributed by atoms with Gasteiger partial charge in [-0.15, -0.1) is 0 Å². The van der Waals surface area contributed by atoms with Gasteiger partial charge in [-0.2, -0.15) is 0 Å². The van der Waals surface area contributed by atoms with Gasteiger partial charge in [0.2, 0.25) is 0 Å². The van der Waals surface area contributed by atoms with E-state index < -0.39 is 10.0 Å². The van der Waals surface area contributed by atoms with Gasteiger partial charge in [-0.25, -0.2) is 12.7 Å². The molecule has 0 heterocycles. The van der Waals surface area contributed by atoms with Crippen LogP contribution in [0.15, 0.2) is 83.8 Å². The van der Waals surface area contributed by atoms with Crippen LogP contribution in [0.4, 0.5) is 17.1 Å². The highest BCUT2D eigenvalue weighted by Gasteiger charge is 2.27. The van der Waals surface area contributed by atoms with E-state index in [4.69, 9.17) is 0 Å². The van der Waals surface area contributed by atoms with E-state index in [9.17, 15) is 8.42 Å². The smallest absolute Gasteiger partial charge is 0.268 e. The van der Waals surface area contributed by atoms with Gasteiger partial charge in [0.25, 0.3) is 10.0 Å². The summed E-state index contributed by atoms with van der Waals surface area (Å²) in [5.74, 6) is 0. The van der Waals surface area contributed by atoms with Crippen molar-refractivity contribution in [3.05, 3.63) is 84.4 Å². The van der Waals surface area contributed by atoms with E-state index in [1.807, 2.05) is 68.4 Å². The molecule has 4 nitrogen and oxygen atoms in total. The fraction of sp³-hybridized carbons (Fsp3) is 0.143. The van der Waals surface area contributed by atoms with Gasteiger partial charge in [0.05, 0.1) is 16.3 Å². The Kier molecular flexibility index (Phi) is 5.00. The van der Waals surface area contributed by atoms with Crippen molar-refractivity contribution in [2.75, 3.05) is 23.3 Å². The minimum absolute atomic E-state index is 0.260. The van der Waals surface area contributed by atoms with E-state index in [2.05, 4.69) is 0 Å².